The van der Waals surface area contributed by atoms with Gasteiger partial charge in [0.25, 0.3) is 11.8 Å². The Hall–Kier alpha value is -4.00. The second kappa shape index (κ2) is 9.24. The zero-order chi connectivity index (χ0) is 23.5. The first-order valence-electron chi connectivity index (χ1n) is 10.5. The summed E-state index contributed by atoms with van der Waals surface area (Å²) < 4.78 is 33.5. The maximum atomic E-state index is 14.6. The molecule has 0 aromatic heterocycles. The molecule has 0 radical (unpaired) electrons. The zero-order valence-corrected chi connectivity index (χ0v) is 18.2. The predicted molar refractivity (Wildman–Crippen MR) is 121 cm³/mol. The molecule has 33 heavy (non-hydrogen) atoms. The van der Waals surface area contributed by atoms with Gasteiger partial charge < -0.3 is 9.64 Å². The maximum Gasteiger partial charge on any atom is 0.282 e. The summed E-state index contributed by atoms with van der Waals surface area (Å²) in [5, 5.41) is 0. The van der Waals surface area contributed by atoms with Gasteiger partial charge in [-0.05, 0) is 42.3 Å². The Morgan fingerprint density at radius 3 is 2.24 bits per heavy atom. The van der Waals surface area contributed by atoms with Crippen molar-refractivity contribution in [2.45, 2.75) is 13.5 Å². The van der Waals surface area contributed by atoms with Crippen molar-refractivity contribution in [1.29, 1.82) is 0 Å². The third kappa shape index (κ3) is 4.35. The van der Waals surface area contributed by atoms with Crippen molar-refractivity contribution in [2.24, 2.45) is 0 Å². The van der Waals surface area contributed by atoms with Crippen molar-refractivity contribution in [3.8, 4) is 5.75 Å². The van der Waals surface area contributed by atoms with E-state index in [-0.39, 0.29) is 17.0 Å². The van der Waals surface area contributed by atoms with Crippen LogP contribution in [-0.4, -0.2) is 30.4 Å². The number of amides is 2. The van der Waals surface area contributed by atoms with E-state index in [1.54, 1.807) is 36.2 Å². The van der Waals surface area contributed by atoms with Crippen LogP contribution < -0.4 is 9.64 Å². The van der Waals surface area contributed by atoms with E-state index >= 15 is 0 Å². The molecule has 1 aliphatic rings. The van der Waals surface area contributed by atoms with Crippen LogP contribution in [0.25, 0.3) is 5.57 Å². The lowest BCUT2D eigenvalue weighted by Gasteiger charge is -2.22. The molecule has 0 saturated carbocycles. The smallest absolute Gasteiger partial charge is 0.282 e. The molecule has 0 bridgehead atoms. The van der Waals surface area contributed by atoms with Crippen LogP contribution in [0.1, 0.15) is 18.1 Å². The second-order valence-corrected chi connectivity index (χ2v) is 7.56. The Morgan fingerprint density at radius 1 is 0.909 bits per heavy atom. The highest BCUT2D eigenvalue weighted by Crippen LogP contribution is 2.36. The highest BCUT2D eigenvalue weighted by atomic mass is 19.1. The van der Waals surface area contributed by atoms with Crippen molar-refractivity contribution >= 4 is 23.1 Å². The fourth-order valence-corrected chi connectivity index (χ4v) is 3.83. The van der Waals surface area contributed by atoms with Crippen LogP contribution in [-0.2, 0) is 16.1 Å². The fourth-order valence-electron chi connectivity index (χ4n) is 3.83. The van der Waals surface area contributed by atoms with Gasteiger partial charge in [0.05, 0.1) is 17.9 Å². The normalized spacial score (nSPS) is 13.6. The quantitative estimate of drug-likeness (QED) is 0.488. The summed E-state index contributed by atoms with van der Waals surface area (Å²) in [6.07, 6.45) is 0. The van der Waals surface area contributed by atoms with E-state index in [4.69, 9.17) is 4.74 Å². The van der Waals surface area contributed by atoms with E-state index in [0.717, 1.165) is 22.6 Å². The van der Waals surface area contributed by atoms with Crippen molar-refractivity contribution in [3.05, 3.63) is 101 Å². The number of hydrogen-bond donors (Lipinski definition) is 0. The molecule has 0 aliphatic carbocycles. The molecule has 7 heteroatoms. The zero-order valence-electron chi connectivity index (χ0n) is 18.2. The molecule has 0 fully saturated rings. The predicted octanol–water partition coefficient (Wildman–Crippen LogP) is 4.78. The molecule has 1 heterocycles. The highest BCUT2D eigenvalue weighted by molar-refractivity contribution is 6.45. The maximum absolute atomic E-state index is 14.6. The average Bonchev–Trinajstić information content (AvgIpc) is 3.05. The summed E-state index contributed by atoms with van der Waals surface area (Å²) in [6, 6.07) is 19.0. The first kappa shape index (κ1) is 22.2. The summed E-state index contributed by atoms with van der Waals surface area (Å²) in [5.41, 5.74) is 1.42. The van der Waals surface area contributed by atoms with Crippen molar-refractivity contribution in [2.75, 3.05) is 18.6 Å². The number of carbonyl (C=O) groups is 2. The topological polar surface area (TPSA) is 49.9 Å². The molecule has 0 saturated heterocycles. The van der Waals surface area contributed by atoms with E-state index in [0.29, 0.717) is 30.5 Å². The summed E-state index contributed by atoms with van der Waals surface area (Å²) in [4.78, 5) is 29.4. The Kier molecular flexibility index (Phi) is 6.22. The summed E-state index contributed by atoms with van der Waals surface area (Å²) in [7, 11) is 1.70. The SMILES string of the molecule is CCOc1ccc(C2=C(N(C)Cc3ccccc3)C(=O)N(c3ccc(F)cc3F)C2=O)cc1. The molecular weight excluding hydrogens is 426 g/mol. The second-order valence-electron chi connectivity index (χ2n) is 7.56. The summed E-state index contributed by atoms with van der Waals surface area (Å²) >= 11 is 0. The minimum Gasteiger partial charge on any atom is -0.494 e. The first-order valence-corrected chi connectivity index (χ1v) is 10.5. The Balaban J connectivity index is 1.79. The number of rotatable bonds is 7. The number of imide groups is 1. The van der Waals surface area contributed by atoms with Crippen molar-refractivity contribution < 1.29 is 23.1 Å². The molecule has 3 aromatic carbocycles. The Labute approximate surface area is 190 Å². The largest absolute Gasteiger partial charge is 0.494 e. The third-order valence-corrected chi connectivity index (χ3v) is 5.31. The highest BCUT2D eigenvalue weighted by Gasteiger charge is 2.42. The van der Waals surface area contributed by atoms with E-state index in [2.05, 4.69) is 0 Å². The first-order chi connectivity index (χ1) is 15.9. The van der Waals surface area contributed by atoms with Gasteiger partial charge in [0.2, 0.25) is 0 Å². The average molecular weight is 448 g/mol. The molecule has 4 rings (SSSR count). The van der Waals surface area contributed by atoms with Crippen LogP contribution in [0.3, 0.4) is 0 Å². The Morgan fingerprint density at radius 2 is 1.61 bits per heavy atom. The van der Waals surface area contributed by atoms with Crippen LogP contribution in [0.4, 0.5) is 14.5 Å². The third-order valence-electron chi connectivity index (χ3n) is 5.31. The van der Waals surface area contributed by atoms with Gasteiger partial charge in [-0.1, -0.05) is 42.5 Å². The van der Waals surface area contributed by atoms with E-state index in [1.807, 2.05) is 37.3 Å². The molecule has 168 valence electrons. The number of carbonyl (C=O) groups excluding carboxylic acids is 2. The molecule has 0 spiro atoms. The standard InChI is InChI=1S/C26H22F2N2O3/c1-3-33-20-12-9-18(10-13-20)23-24(29(2)16-17-7-5-4-6-8-17)26(32)30(25(23)31)22-14-11-19(27)15-21(22)28/h4-15H,3,16H2,1-2H3. The van der Waals surface area contributed by atoms with Crippen LogP contribution >= 0.6 is 0 Å². The van der Waals surface area contributed by atoms with Gasteiger partial charge in [0.1, 0.15) is 23.1 Å². The monoisotopic (exact) mass is 448 g/mol. The number of nitrogens with zero attached hydrogens (tertiary/aromatic N) is 2. The molecule has 0 N–H and O–H groups in total. The summed E-state index contributed by atoms with van der Waals surface area (Å²) in [6.45, 7) is 2.71. The molecule has 2 amide bonds. The van der Waals surface area contributed by atoms with Gasteiger partial charge in [-0.25, -0.2) is 13.7 Å². The number of ether oxygens (including phenoxy) is 1. The molecule has 0 atom stereocenters. The molecular formula is C26H22F2N2O3. The number of likely N-dealkylation sites (N-methyl/N-ethyl adjacent to an activating group) is 1. The van der Waals surface area contributed by atoms with E-state index in [1.165, 1.54) is 0 Å². The number of benzene rings is 3. The van der Waals surface area contributed by atoms with Crippen LogP contribution in [0.15, 0.2) is 78.5 Å². The minimum absolute atomic E-state index is 0.136. The van der Waals surface area contributed by atoms with Crippen LogP contribution in [0.2, 0.25) is 0 Å². The Bertz CT molecular complexity index is 1220. The van der Waals surface area contributed by atoms with E-state index in [9.17, 15) is 18.4 Å². The molecule has 5 nitrogen and oxygen atoms in total. The van der Waals surface area contributed by atoms with Crippen molar-refractivity contribution in [1.82, 2.24) is 4.90 Å². The van der Waals surface area contributed by atoms with Gasteiger partial charge >= 0.3 is 0 Å². The molecule has 0 unspecified atom stereocenters. The van der Waals surface area contributed by atoms with Crippen LogP contribution in [0.5, 0.6) is 5.75 Å². The van der Waals surface area contributed by atoms with E-state index < -0.39 is 23.4 Å². The van der Waals surface area contributed by atoms with Gasteiger partial charge in [-0.3, -0.25) is 9.59 Å². The lowest BCUT2D eigenvalue weighted by atomic mass is 10.0. The molecule has 3 aromatic rings. The fraction of sp³-hybridized carbons (Fsp3) is 0.154. The van der Waals surface area contributed by atoms with Crippen LogP contribution in [0, 0.1) is 11.6 Å². The number of hydrogen-bond acceptors (Lipinski definition) is 4. The number of halogens is 2. The number of anilines is 1. The lowest BCUT2D eigenvalue weighted by molar-refractivity contribution is -0.120. The molecule has 1 aliphatic heterocycles. The van der Waals surface area contributed by atoms with Gasteiger partial charge in [0.15, 0.2) is 0 Å². The van der Waals surface area contributed by atoms with Crippen molar-refractivity contribution in [3.63, 3.8) is 0 Å². The van der Waals surface area contributed by atoms with Gasteiger partial charge in [-0.2, -0.15) is 0 Å². The van der Waals surface area contributed by atoms with Gasteiger partial charge in [-0.15, -0.1) is 0 Å². The summed E-state index contributed by atoms with van der Waals surface area (Å²) in [5.74, 6) is -2.51. The minimum atomic E-state index is -0.991. The van der Waals surface area contributed by atoms with Gasteiger partial charge in [0, 0.05) is 19.7 Å². The lowest BCUT2D eigenvalue weighted by Crippen LogP contribution is -2.34.